The van der Waals surface area contributed by atoms with Crippen LogP contribution in [0.1, 0.15) is 32.3 Å². The molecule has 2 rings (SSSR count). The minimum Gasteiger partial charge on any atom is -0.491 e. The first-order valence-electron chi connectivity index (χ1n) is 6.07. The molecule has 0 unspecified atom stereocenters. The summed E-state index contributed by atoms with van der Waals surface area (Å²) in [7, 11) is 0. The largest absolute Gasteiger partial charge is 0.491 e. The van der Waals surface area contributed by atoms with Crippen molar-refractivity contribution in [3.05, 3.63) is 28.8 Å². The fourth-order valence-electron chi connectivity index (χ4n) is 1.76. The third kappa shape index (κ3) is 2.93. The molecule has 0 heterocycles. The van der Waals surface area contributed by atoms with E-state index in [1.165, 1.54) is 12.8 Å². The van der Waals surface area contributed by atoms with Crippen LogP contribution in [-0.2, 0) is 5.41 Å². The Labute approximate surface area is 108 Å². The van der Waals surface area contributed by atoms with E-state index in [0.717, 1.165) is 17.9 Å². The first-order valence-corrected chi connectivity index (χ1v) is 6.45. The van der Waals surface area contributed by atoms with E-state index >= 15 is 0 Å². The van der Waals surface area contributed by atoms with Crippen molar-refractivity contribution in [1.29, 1.82) is 0 Å². The average Bonchev–Trinajstić information content (AvgIpc) is 3.11. The Morgan fingerprint density at radius 2 is 2.12 bits per heavy atom. The lowest BCUT2D eigenvalue weighted by molar-refractivity contribution is 0.211. The minimum absolute atomic E-state index is 0.0765. The highest BCUT2D eigenvalue weighted by Crippen LogP contribution is 2.38. The molecule has 0 aromatic heterocycles. The molecule has 1 aliphatic rings. The Bertz CT molecular complexity index is 397. The zero-order valence-electron chi connectivity index (χ0n) is 10.4. The molecule has 17 heavy (non-hydrogen) atoms. The molecule has 1 saturated carbocycles. The molecule has 0 amide bonds. The zero-order chi connectivity index (χ0) is 12.5. The Morgan fingerprint density at radius 3 is 2.71 bits per heavy atom. The minimum atomic E-state index is -0.330. The Balaban J connectivity index is 2.26. The molecule has 0 atom stereocenters. The number of aliphatic hydroxyl groups excluding tert-OH is 1. The Kier molecular flexibility index (Phi) is 3.64. The normalized spacial score (nSPS) is 16.0. The fraction of sp³-hybridized carbons (Fsp3) is 0.571. The summed E-state index contributed by atoms with van der Waals surface area (Å²) in [6, 6.07) is 5.71. The van der Waals surface area contributed by atoms with Gasteiger partial charge in [0.25, 0.3) is 0 Å². The lowest BCUT2D eigenvalue weighted by Gasteiger charge is -2.25. The lowest BCUT2D eigenvalue weighted by atomic mass is 9.85. The second-order valence-corrected chi connectivity index (χ2v) is 5.82. The second kappa shape index (κ2) is 4.87. The van der Waals surface area contributed by atoms with Gasteiger partial charge < -0.3 is 9.84 Å². The van der Waals surface area contributed by atoms with Crippen LogP contribution in [0.5, 0.6) is 5.75 Å². The lowest BCUT2D eigenvalue weighted by Crippen LogP contribution is -2.23. The van der Waals surface area contributed by atoms with Crippen LogP contribution in [0.15, 0.2) is 18.2 Å². The maximum atomic E-state index is 9.45. The fourth-order valence-corrected chi connectivity index (χ4v) is 1.99. The van der Waals surface area contributed by atoms with Crippen molar-refractivity contribution < 1.29 is 9.84 Å². The van der Waals surface area contributed by atoms with E-state index in [-0.39, 0.29) is 12.0 Å². The van der Waals surface area contributed by atoms with Crippen molar-refractivity contribution in [2.75, 3.05) is 13.2 Å². The van der Waals surface area contributed by atoms with Gasteiger partial charge >= 0.3 is 0 Å². The van der Waals surface area contributed by atoms with Gasteiger partial charge in [0.15, 0.2) is 0 Å². The second-order valence-electron chi connectivity index (χ2n) is 5.41. The number of benzene rings is 1. The quantitative estimate of drug-likeness (QED) is 0.873. The van der Waals surface area contributed by atoms with Crippen LogP contribution in [0, 0.1) is 5.92 Å². The highest BCUT2D eigenvalue weighted by molar-refractivity contribution is 6.32. The molecule has 1 fully saturated rings. The standard InChI is InChI=1S/C14H19ClO2/c1-14(2,9-16)11-4-3-5-12(15)13(11)17-8-10-6-7-10/h3-5,10,16H,6-9H2,1-2H3. The maximum absolute atomic E-state index is 9.45. The molecule has 0 saturated heterocycles. The van der Waals surface area contributed by atoms with Gasteiger partial charge in [-0.05, 0) is 24.8 Å². The van der Waals surface area contributed by atoms with Crippen molar-refractivity contribution in [1.82, 2.24) is 0 Å². The molecular weight excluding hydrogens is 236 g/mol. The molecule has 1 aromatic carbocycles. The number of halogens is 1. The van der Waals surface area contributed by atoms with E-state index < -0.39 is 0 Å². The molecule has 3 heteroatoms. The molecule has 94 valence electrons. The van der Waals surface area contributed by atoms with Gasteiger partial charge in [-0.3, -0.25) is 0 Å². The van der Waals surface area contributed by atoms with Crippen LogP contribution in [0.25, 0.3) is 0 Å². The van der Waals surface area contributed by atoms with E-state index in [1.54, 1.807) is 0 Å². The summed E-state index contributed by atoms with van der Waals surface area (Å²) in [5.41, 5.74) is 0.650. The molecule has 1 aliphatic carbocycles. The van der Waals surface area contributed by atoms with Gasteiger partial charge in [0.2, 0.25) is 0 Å². The number of rotatable bonds is 5. The SMILES string of the molecule is CC(C)(CO)c1cccc(Cl)c1OCC1CC1. The Hall–Kier alpha value is -0.730. The molecule has 0 radical (unpaired) electrons. The average molecular weight is 255 g/mol. The molecular formula is C14H19ClO2. The van der Waals surface area contributed by atoms with E-state index in [9.17, 15) is 5.11 Å². The molecule has 0 bridgehead atoms. The van der Waals surface area contributed by atoms with Gasteiger partial charge in [-0.25, -0.2) is 0 Å². The van der Waals surface area contributed by atoms with E-state index in [2.05, 4.69) is 0 Å². The van der Waals surface area contributed by atoms with E-state index in [0.29, 0.717) is 10.9 Å². The number of hydrogen-bond donors (Lipinski definition) is 1. The molecule has 1 N–H and O–H groups in total. The highest BCUT2D eigenvalue weighted by Gasteiger charge is 2.27. The molecule has 0 spiro atoms. The predicted octanol–water partition coefficient (Wildman–Crippen LogP) is 3.40. The summed E-state index contributed by atoms with van der Waals surface area (Å²) in [5, 5.41) is 10.1. The summed E-state index contributed by atoms with van der Waals surface area (Å²) in [6.07, 6.45) is 2.51. The van der Waals surface area contributed by atoms with Crippen LogP contribution in [0.3, 0.4) is 0 Å². The summed E-state index contributed by atoms with van der Waals surface area (Å²) >= 11 is 6.19. The monoisotopic (exact) mass is 254 g/mol. The topological polar surface area (TPSA) is 29.5 Å². The number of aliphatic hydroxyl groups is 1. The van der Waals surface area contributed by atoms with Gasteiger partial charge in [0, 0.05) is 11.0 Å². The van der Waals surface area contributed by atoms with Gasteiger partial charge in [0.05, 0.1) is 18.2 Å². The molecule has 2 nitrogen and oxygen atoms in total. The summed E-state index contributed by atoms with van der Waals surface area (Å²) < 4.78 is 5.84. The summed E-state index contributed by atoms with van der Waals surface area (Å²) in [5.74, 6) is 1.43. The molecule has 0 aliphatic heterocycles. The maximum Gasteiger partial charge on any atom is 0.141 e. The van der Waals surface area contributed by atoms with Crippen molar-refractivity contribution >= 4 is 11.6 Å². The van der Waals surface area contributed by atoms with Gasteiger partial charge in [0.1, 0.15) is 5.75 Å². The third-order valence-electron chi connectivity index (χ3n) is 3.25. The van der Waals surface area contributed by atoms with Crippen LogP contribution < -0.4 is 4.74 Å². The van der Waals surface area contributed by atoms with Gasteiger partial charge in [-0.15, -0.1) is 0 Å². The first kappa shape index (κ1) is 12.7. The number of ether oxygens (including phenoxy) is 1. The Morgan fingerprint density at radius 1 is 1.41 bits per heavy atom. The van der Waals surface area contributed by atoms with E-state index in [1.807, 2.05) is 32.0 Å². The van der Waals surface area contributed by atoms with Gasteiger partial charge in [-0.1, -0.05) is 37.6 Å². The number of hydrogen-bond acceptors (Lipinski definition) is 2. The van der Waals surface area contributed by atoms with Crippen LogP contribution in [0.2, 0.25) is 5.02 Å². The highest BCUT2D eigenvalue weighted by atomic mass is 35.5. The van der Waals surface area contributed by atoms with Crippen molar-refractivity contribution in [2.45, 2.75) is 32.1 Å². The third-order valence-corrected chi connectivity index (χ3v) is 3.55. The first-order chi connectivity index (χ1) is 8.04. The van der Waals surface area contributed by atoms with Crippen LogP contribution in [0.4, 0.5) is 0 Å². The number of para-hydroxylation sites is 1. The predicted molar refractivity (Wildman–Crippen MR) is 69.8 cm³/mol. The zero-order valence-corrected chi connectivity index (χ0v) is 11.1. The van der Waals surface area contributed by atoms with Crippen molar-refractivity contribution in [2.24, 2.45) is 5.92 Å². The van der Waals surface area contributed by atoms with Crippen molar-refractivity contribution in [3.63, 3.8) is 0 Å². The van der Waals surface area contributed by atoms with Crippen LogP contribution >= 0.6 is 11.6 Å². The summed E-state index contributed by atoms with van der Waals surface area (Å²) in [6.45, 7) is 4.79. The van der Waals surface area contributed by atoms with Gasteiger partial charge in [-0.2, -0.15) is 0 Å². The van der Waals surface area contributed by atoms with E-state index in [4.69, 9.17) is 16.3 Å². The van der Waals surface area contributed by atoms with Crippen molar-refractivity contribution in [3.8, 4) is 5.75 Å². The van der Waals surface area contributed by atoms with Crippen LogP contribution in [-0.4, -0.2) is 18.3 Å². The molecule has 1 aromatic rings. The smallest absolute Gasteiger partial charge is 0.141 e. The summed E-state index contributed by atoms with van der Waals surface area (Å²) in [4.78, 5) is 0.